The highest BCUT2D eigenvalue weighted by atomic mass is 32.2. The van der Waals surface area contributed by atoms with Crippen molar-refractivity contribution < 1.29 is 14.3 Å². The van der Waals surface area contributed by atoms with Crippen LogP contribution in [0.25, 0.3) is 11.8 Å². The minimum absolute atomic E-state index is 0.0395. The number of morpholine rings is 1. The summed E-state index contributed by atoms with van der Waals surface area (Å²) in [5.74, 6) is -0.564. The lowest BCUT2D eigenvalue weighted by molar-refractivity contribution is -0.133. The van der Waals surface area contributed by atoms with Gasteiger partial charge in [-0.25, -0.2) is 0 Å². The molecule has 1 aromatic carbocycles. The zero-order chi connectivity index (χ0) is 25.6. The van der Waals surface area contributed by atoms with E-state index in [4.69, 9.17) is 10.1 Å². The van der Waals surface area contributed by atoms with Crippen molar-refractivity contribution in [3.63, 3.8) is 0 Å². The minimum atomic E-state index is -0.481. The fourth-order valence-corrected chi connectivity index (χ4v) is 5.38. The number of benzene rings is 1. The van der Waals surface area contributed by atoms with E-state index in [1.807, 2.05) is 19.9 Å². The highest BCUT2D eigenvalue weighted by Gasteiger charge is 2.36. The molecule has 0 spiro atoms. The second-order valence-corrected chi connectivity index (χ2v) is 10.2. The molecule has 1 saturated heterocycles. The summed E-state index contributed by atoms with van der Waals surface area (Å²) in [6.45, 7) is 10.4. The zero-order valence-electron chi connectivity index (χ0n) is 20.8. The van der Waals surface area contributed by atoms with Gasteiger partial charge in [-0.15, -0.1) is 0 Å². The minimum Gasteiger partial charge on any atom is -0.378 e. The Morgan fingerprint density at radius 2 is 1.89 bits per heavy atom. The highest BCUT2D eigenvalue weighted by molar-refractivity contribution is 8.27. The molecule has 0 unspecified atom stereocenters. The van der Waals surface area contributed by atoms with Crippen molar-refractivity contribution >= 4 is 45.7 Å². The van der Waals surface area contributed by atoms with Gasteiger partial charge < -0.3 is 14.2 Å². The van der Waals surface area contributed by atoms with E-state index >= 15 is 0 Å². The van der Waals surface area contributed by atoms with Gasteiger partial charge in [0.2, 0.25) is 11.1 Å². The smallest absolute Gasteiger partial charge is 0.283 e. The first-order chi connectivity index (χ1) is 17.2. The van der Waals surface area contributed by atoms with Gasteiger partial charge in [0.25, 0.3) is 5.91 Å². The number of carbonyl (C=O) groups is 2. The number of aromatic nitrogens is 1. The number of hydrogen-bond acceptors (Lipinski definition) is 6. The second-order valence-electron chi connectivity index (χ2n) is 9.11. The van der Waals surface area contributed by atoms with Gasteiger partial charge >= 0.3 is 0 Å². The molecule has 3 aliphatic heterocycles. The van der Waals surface area contributed by atoms with Crippen molar-refractivity contribution in [3.8, 4) is 5.69 Å². The number of rotatable bonds is 4. The van der Waals surface area contributed by atoms with E-state index in [-0.39, 0.29) is 23.7 Å². The van der Waals surface area contributed by atoms with Crippen LogP contribution < -0.4 is 0 Å². The molecule has 2 amide bonds. The van der Waals surface area contributed by atoms with Crippen LogP contribution in [-0.4, -0.2) is 68.6 Å². The average molecular weight is 505 g/mol. The molecule has 0 aliphatic carbocycles. The van der Waals surface area contributed by atoms with Crippen LogP contribution in [-0.2, 0) is 14.3 Å². The third kappa shape index (κ3) is 4.42. The lowest BCUT2D eigenvalue weighted by Gasteiger charge is -2.26. The van der Waals surface area contributed by atoms with E-state index in [1.54, 1.807) is 11.0 Å². The fourth-order valence-electron chi connectivity index (χ4n) is 4.51. The van der Waals surface area contributed by atoms with Crippen molar-refractivity contribution in [2.45, 2.75) is 34.1 Å². The molecule has 1 N–H and O–H groups in total. The summed E-state index contributed by atoms with van der Waals surface area (Å²) in [6.07, 6.45) is 1.82. The third-order valence-electron chi connectivity index (χ3n) is 6.68. The number of aryl methyl sites for hydroxylation is 3. The lowest BCUT2D eigenvalue weighted by Crippen LogP contribution is -2.41. The maximum Gasteiger partial charge on any atom is 0.283 e. The SMILES string of the molecule is Cc1ccc(-n2c(C)cc(/C=C3/C(=N)N4N=C(CC(=O)N5CCOCC5)SC4=NC3=O)c2C)cc1C. The molecule has 3 aliphatic rings. The van der Waals surface area contributed by atoms with Crippen LogP contribution in [0.4, 0.5) is 0 Å². The molecule has 9 nitrogen and oxygen atoms in total. The maximum atomic E-state index is 12.9. The average Bonchev–Trinajstić information content (AvgIpc) is 3.38. The number of nitrogens with one attached hydrogen (secondary N) is 1. The van der Waals surface area contributed by atoms with Gasteiger partial charge in [-0.3, -0.25) is 15.0 Å². The number of nitrogens with zero attached hydrogens (tertiary/aromatic N) is 5. The van der Waals surface area contributed by atoms with Crippen LogP contribution >= 0.6 is 11.8 Å². The first kappa shape index (κ1) is 24.2. The first-order valence-electron chi connectivity index (χ1n) is 11.8. The lowest BCUT2D eigenvalue weighted by atomic mass is 10.1. The van der Waals surface area contributed by atoms with Crippen molar-refractivity contribution in [1.82, 2.24) is 14.5 Å². The quantitative estimate of drug-likeness (QED) is 0.641. The summed E-state index contributed by atoms with van der Waals surface area (Å²) in [4.78, 5) is 31.4. The van der Waals surface area contributed by atoms with Crippen molar-refractivity contribution in [2.75, 3.05) is 26.3 Å². The van der Waals surface area contributed by atoms with Crippen LogP contribution in [0.5, 0.6) is 0 Å². The van der Waals surface area contributed by atoms with E-state index in [1.165, 1.54) is 27.9 Å². The Hall–Kier alpha value is -3.50. The van der Waals surface area contributed by atoms with E-state index in [2.05, 4.69) is 46.7 Å². The maximum absolute atomic E-state index is 12.9. The molecule has 186 valence electrons. The van der Waals surface area contributed by atoms with Crippen LogP contribution in [0, 0.1) is 33.1 Å². The molecule has 1 aromatic heterocycles. The van der Waals surface area contributed by atoms with E-state index in [0.29, 0.717) is 36.5 Å². The Morgan fingerprint density at radius 3 is 2.61 bits per heavy atom. The summed E-state index contributed by atoms with van der Waals surface area (Å²) in [7, 11) is 0. The topological polar surface area (TPSA) is 103 Å². The number of ether oxygens (including phenoxy) is 1. The molecule has 36 heavy (non-hydrogen) atoms. The largest absolute Gasteiger partial charge is 0.378 e. The molecule has 10 heteroatoms. The Kier molecular flexibility index (Phi) is 6.40. The number of fused-ring (bicyclic) bond motifs is 1. The highest BCUT2D eigenvalue weighted by Crippen LogP contribution is 2.31. The Balaban J connectivity index is 1.40. The first-order valence-corrected chi connectivity index (χ1v) is 12.7. The predicted molar refractivity (Wildman–Crippen MR) is 142 cm³/mol. The molecule has 0 saturated carbocycles. The third-order valence-corrected chi connectivity index (χ3v) is 7.59. The number of hydrogen-bond donors (Lipinski definition) is 1. The predicted octanol–water partition coefficient (Wildman–Crippen LogP) is 3.58. The molecular formula is C26H28N6O3S. The monoisotopic (exact) mass is 504 g/mol. The zero-order valence-corrected chi connectivity index (χ0v) is 21.6. The van der Waals surface area contributed by atoms with Gasteiger partial charge in [-0.2, -0.15) is 15.1 Å². The molecule has 0 atom stereocenters. The number of carbonyl (C=O) groups excluding carboxylic acids is 2. The molecule has 5 rings (SSSR count). The van der Waals surface area contributed by atoms with Gasteiger partial charge in [0.05, 0.1) is 25.2 Å². The van der Waals surface area contributed by atoms with Gasteiger partial charge in [0.1, 0.15) is 5.04 Å². The number of aliphatic imine (C=N–C) groups is 1. The molecule has 0 bridgehead atoms. The Labute approximate surface area is 214 Å². The molecular weight excluding hydrogens is 476 g/mol. The number of amides is 2. The summed E-state index contributed by atoms with van der Waals surface area (Å²) >= 11 is 1.17. The Bertz CT molecular complexity index is 1380. The number of amidine groups is 2. The van der Waals surface area contributed by atoms with Gasteiger partial charge in [-0.1, -0.05) is 6.07 Å². The van der Waals surface area contributed by atoms with Crippen molar-refractivity contribution in [1.29, 1.82) is 5.41 Å². The van der Waals surface area contributed by atoms with Gasteiger partial charge in [-0.05, 0) is 80.4 Å². The van der Waals surface area contributed by atoms with E-state index in [9.17, 15) is 9.59 Å². The molecule has 4 heterocycles. The summed E-state index contributed by atoms with van der Waals surface area (Å²) in [5.41, 5.74) is 6.50. The van der Waals surface area contributed by atoms with E-state index in [0.717, 1.165) is 22.6 Å². The summed E-state index contributed by atoms with van der Waals surface area (Å²) in [6, 6.07) is 8.33. The van der Waals surface area contributed by atoms with Gasteiger partial charge in [0, 0.05) is 30.2 Å². The van der Waals surface area contributed by atoms with Crippen LogP contribution in [0.3, 0.4) is 0 Å². The van der Waals surface area contributed by atoms with Gasteiger partial charge in [0.15, 0.2) is 5.84 Å². The van der Waals surface area contributed by atoms with Crippen LogP contribution in [0.1, 0.15) is 34.5 Å². The summed E-state index contributed by atoms with van der Waals surface area (Å²) < 4.78 is 7.45. The number of thioether (sulfide) groups is 1. The van der Waals surface area contributed by atoms with Crippen molar-refractivity contribution in [2.24, 2.45) is 10.1 Å². The normalized spacial score (nSPS) is 19.1. The van der Waals surface area contributed by atoms with Crippen molar-refractivity contribution in [3.05, 3.63) is 57.9 Å². The van der Waals surface area contributed by atoms with Crippen LogP contribution in [0.2, 0.25) is 0 Å². The molecule has 0 radical (unpaired) electrons. The summed E-state index contributed by atoms with van der Waals surface area (Å²) in [5, 5.41) is 15.3. The molecule has 2 aromatic rings. The standard InChI is InChI=1S/C26H28N6O3S/c1-15-5-6-20(11-16(15)2)31-17(3)12-19(18(31)4)13-21-24(27)32-26(28-25(21)34)36-22(29-32)14-23(33)30-7-9-35-10-8-30/h5-6,11-13,27H,7-10,14H2,1-4H3/b21-13-,27-24?. The fraction of sp³-hybridized carbons (Fsp3) is 0.346. The second kappa shape index (κ2) is 9.51. The van der Waals surface area contributed by atoms with Crippen LogP contribution in [0.15, 0.2) is 39.9 Å². The van der Waals surface area contributed by atoms with E-state index < -0.39 is 5.91 Å². The Morgan fingerprint density at radius 1 is 1.14 bits per heavy atom. The molecule has 1 fully saturated rings. The number of hydrazone groups is 1.